The van der Waals surface area contributed by atoms with Crippen LogP contribution in [0.3, 0.4) is 0 Å². The number of urea groups is 1. The molecule has 2 aromatic heterocycles. The summed E-state index contributed by atoms with van der Waals surface area (Å²) in [5, 5.41) is 2.28. The first-order valence-corrected chi connectivity index (χ1v) is 12.6. The second-order valence-electron chi connectivity index (χ2n) is 9.26. The van der Waals surface area contributed by atoms with E-state index >= 15 is 0 Å². The standard InChI is InChI=1S/C24H17Cl3F7N5O2/c1-37(2)21(41)39(14-3-4-14)20(40)15-5-11(8-35-19(15)27)12-9-36-38(10-12)18-16(25)6-13(7-17(18)26)22(28,23(29,30)31)24(32,33)34/h5-10,14H,3-4H2,1-2H3. The van der Waals surface area contributed by atoms with Crippen molar-refractivity contribution in [2.45, 2.75) is 36.9 Å². The van der Waals surface area contributed by atoms with Crippen LogP contribution in [0.15, 0.2) is 36.8 Å². The second-order valence-corrected chi connectivity index (χ2v) is 10.4. The molecule has 0 N–H and O–H groups in total. The Morgan fingerprint density at radius 2 is 1.46 bits per heavy atom. The summed E-state index contributed by atoms with van der Waals surface area (Å²) >= 11 is 18.1. The molecule has 1 aliphatic rings. The molecular formula is C24H17Cl3F7N5O2. The van der Waals surface area contributed by atoms with Crippen LogP contribution in [0, 0.1) is 0 Å². The van der Waals surface area contributed by atoms with Crippen molar-refractivity contribution in [3.8, 4) is 16.8 Å². The van der Waals surface area contributed by atoms with Crippen LogP contribution in [0.4, 0.5) is 35.5 Å². The Kier molecular flexibility index (Phi) is 8.00. The third kappa shape index (κ3) is 5.56. The fourth-order valence-corrected chi connectivity index (χ4v) is 4.75. The van der Waals surface area contributed by atoms with Crippen molar-refractivity contribution in [1.29, 1.82) is 0 Å². The molecule has 0 aliphatic heterocycles. The van der Waals surface area contributed by atoms with Crippen LogP contribution in [0.1, 0.15) is 28.8 Å². The van der Waals surface area contributed by atoms with Crippen molar-refractivity contribution >= 4 is 46.7 Å². The molecule has 0 atom stereocenters. The van der Waals surface area contributed by atoms with Gasteiger partial charge in [0, 0.05) is 49.2 Å². The maximum Gasteiger partial charge on any atom is 0.435 e. The van der Waals surface area contributed by atoms with Gasteiger partial charge in [-0.2, -0.15) is 31.4 Å². The molecule has 0 bridgehead atoms. The van der Waals surface area contributed by atoms with Gasteiger partial charge in [-0.3, -0.25) is 9.69 Å². The van der Waals surface area contributed by atoms with Gasteiger partial charge in [0.15, 0.2) is 0 Å². The average Bonchev–Trinajstić information content (AvgIpc) is 3.57. The molecule has 220 valence electrons. The van der Waals surface area contributed by atoms with E-state index in [1.54, 1.807) is 0 Å². The van der Waals surface area contributed by atoms with Crippen LogP contribution in [0.5, 0.6) is 0 Å². The highest BCUT2D eigenvalue weighted by Gasteiger charge is 2.73. The fraction of sp³-hybridized carbons (Fsp3) is 0.333. The molecule has 1 aliphatic carbocycles. The van der Waals surface area contributed by atoms with Gasteiger partial charge in [-0.1, -0.05) is 34.8 Å². The highest BCUT2D eigenvalue weighted by Crippen LogP contribution is 2.54. The summed E-state index contributed by atoms with van der Waals surface area (Å²) in [5.74, 6) is -0.691. The van der Waals surface area contributed by atoms with Crippen LogP contribution in [-0.4, -0.2) is 69.0 Å². The van der Waals surface area contributed by atoms with Crippen LogP contribution in [0.25, 0.3) is 16.8 Å². The van der Waals surface area contributed by atoms with E-state index in [0.29, 0.717) is 12.8 Å². The largest absolute Gasteiger partial charge is 0.435 e. The maximum absolute atomic E-state index is 14.5. The number of pyridine rings is 1. The minimum atomic E-state index is -6.36. The number of halogens is 10. The fourth-order valence-electron chi connectivity index (χ4n) is 3.91. The summed E-state index contributed by atoms with van der Waals surface area (Å²) < 4.78 is 94.7. The highest BCUT2D eigenvalue weighted by atomic mass is 35.5. The van der Waals surface area contributed by atoms with E-state index in [4.69, 9.17) is 34.8 Å². The van der Waals surface area contributed by atoms with Crippen molar-refractivity contribution in [2.24, 2.45) is 0 Å². The number of rotatable bonds is 5. The Balaban J connectivity index is 1.72. The van der Waals surface area contributed by atoms with Gasteiger partial charge in [-0.15, -0.1) is 0 Å². The van der Waals surface area contributed by atoms with Gasteiger partial charge in [0.2, 0.25) is 0 Å². The topological polar surface area (TPSA) is 71.3 Å². The van der Waals surface area contributed by atoms with E-state index in [1.165, 1.54) is 43.7 Å². The third-order valence-corrected chi connectivity index (χ3v) is 7.01. The van der Waals surface area contributed by atoms with Crippen LogP contribution >= 0.6 is 34.8 Å². The van der Waals surface area contributed by atoms with Gasteiger partial charge in [0.05, 0.1) is 21.8 Å². The molecule has 0 saturated heterocycles. The maximum atomic E-state index is 14.5. The highest BCUT2D eigenvalue weighted by molar-refractivity contribution is 6.38. The van der Waals surface area contributed by atoms with Crippen LogP contribution in [0.2, 0.25) is 15.2 Å². The summed E-state index contributed by atoms with van der Waals surface area (Å²) in [4.78, 5) is 32.2. The average molecular weight is 647 g/mol. The van der Waals surface area contributed by atoms with Crippen molar-refractivity contribution in [2.75, 3.05) is 14.1 Å². The van der Waals surface area contributed by atoms with E-state index in [1.807, 2.05) is 0 Å². The molecule has 17 heteroatoms. The molecule has 3 aromatic rings. The molecule has 3 amide bonds. The van der Waals surface area contributed by atoms with Crippen LogP contribution < -0.4 is 0 Å². The van der Waals surface area contributed by atoms with Crippen molar-refractivity contribution in [3.63, 3.8) is 0 Å². The molecule has 1 aromatic carbocycles. The number of nitrogens with zero attached hydrogens (tertiary/aromatic N) is 5. The number of imide groups is 1. The molecule has 7 nitrogen and oxygen atoms in total. The van der Waals surface area contributed by atoms with E-state index in [2.05, 4.69) is 10.1 Å². The summed E-state index contributed by atoms with van der Waals surface area (Å²) in [6, 6.07) is 0.825. The van der Waals surface area contributed by atoms with Gasteiger partial charge in [0.1, 0.15) is 10.8 Å². The second kappa shape index (κ2) is 10.6. The molecule has 41 heavy (non-hydrogen) atoms. The SMILES string of the molecule is CN(C)C(=O)N(C(=O)c1cc(-c2cnn(-c3c(Cl)cc(C(F)(C(F)(F)F)C(F)(F)F)cc3Cl)c2)cnc1Cl)C1CC1. The van der Waals surface area contributed by atoms with Gasteiger partial charge < -0.3 is 4.90 Å². The zero-order valence-corrected chi connectivity index (χ0v) is 23.1. The number of benzene rings is 1. The van der Waals surface area contributed by atoms with Gasteiger partial charge in [-0.25, -0.2) is 18.9 Å². The Bertz CT molecular complexity index is 1480. The Labute approximate surface area is 242 Å². The minimum absolute atomic E-state index is 0.0991. The summed E-state index contributed by atoms with van der Waals surface area (Å²) in [6.07, 6.45) is -7.74. The molecule has 1 saturated carbocycles. The number of carbonyl (C=O) groups excluding carboxylic acids is 2. The molecule has 2 heterocycles. The van der Waals surface area contributed by atoms with E-state index in [0.717, 1.165) is 9.58 Å². The summed E-state index contributed by atoms with van der Waals surface area (Å²) in [7, 11) is 2.97. The van der Waals surface area contributed by atoms with Crippen molar-refractivity contribution < 1.29 is 40.3 Å². The van der Waals surface area contributed by atoms with Crippen molar-refractivity contribution in [3.05, 3.63) is 63.1 Å². The lowest BCUT2D eigenvalue weighted by molar-refractivity contribution is -0.348. The number of alkyl halides is 7. The number of aromatic nitrogens is 3. The Morgan fingerprint density at radius 3 is 1.95 bits per heavy atom. The normalized spacial score (nSPS) is 14.2. The number of hydrogen-bond acceptors (Lipinski definition) is 4. The smallest absolute Gasteiger partial charge is 0.330 e. The van der Waals surface area contributed by atoms with Gasteiger partial charge >= 0.3 is 24.1 Å². The lowest BCUT2D eigenvalue weighted by Gasteiger charge is -2.30. The molecule has 0 spiro atoms. The van der Waals surface area contributed by atoms with E-state index in [9.17, 15) is 40.3 Å². The molecule has 0 radical (unpaired) electrons. The first kappa shape index (κ1) is 30.8. The summed E-state index contributed by atoms with van der Waals surface area (Å²) in [6.45, 7) is 0. The minimum Gasteiger partial charge on any atom is -0.330 e. The monoisotopic (exact) mass is 645 g/mol. The number of amides is 3. The molecule has 4 rings (SSSR count). The zero-order chi connectivity index (χ0) is 30.7. The van der Waals surface area contributed by atoms with Gasteiger partial charge in [0.25, 0.3) is 5.91 Å². The van der Waals surface area contributed by atoms with Crippen LogP contribution in [-0.2, 0) is 5.67 Å². The first-order valence-electron chi connectivity index (χ1n) is 11.5. The lowest BCUT2D eigenvalue weighted by atomic mass is 9.94. The lowest BCUT2D eigenvalue weighted by Crippen LogP contribution is -2.50. The quantitative estimate of drug-likeness (QED) is 0.213. The summed E-state index contributed by atoms with van der Waals surface area (Å²) in [5.41, 5.74) is -7.52. The molecular weight excluding hydrogens is 630 g/mol. The van der Waals surface area contributed by atoms with Crippen molar-refractivity contribution in [1.82, 2.24) is 24.6 Å². The third-order valence-electron chi connectivity index (χ3n) is 6.13. The van der Waals surface area contributed by atoms with Gasteiger partial charge in [-0.05, 0) is 31.0 Å². The molecule has 1 fully saturated rings. The molecule has 0 unspecified atom stereocenters. The Morgan fingerprint density at radius 1 is 0.902 bits per heavy atom. The van der Waals surface area contributed by atoms with E-state index in [-0.39, 0.29) is 45.7 Å². The number of hydrogen-bond donors (Lipinski definition) is 0. The zero-order valence-electron chi connectivity index (χ0n) is 20.8. The Hall–Kier alpha value is -3.10. The predicted molar refractivity (Wildman–Crippen MR) is 135 cm³/mol. The number of carbonyl (C=O) groups is 2. The first-order chi connectivity index (χ1) is 18.9. The predicted octanol–water partition coefficient (Wildman–Crippen LogP) is 7.47. The van der Waals surface area contributed by atoms with E-state index < -0.39 is 45.6 Å².